The van der Waals surface area contributed by atoms with Gasteiger partial charge < -0.3 is 9.64 Å². The van der Waals surface area contributed by atoms with Crippen LogP contribution in [0.4, 0.5) is 5.69 Å². The molecule has 0 aliphatic carbocycles. The predicted octanol–water partition coefficient (Wildman–Crippen LogP) is 2.90. The van der Waals surface area contributed by atoms with E-state index >= 15 is 0 Å². The Morgan fingerprint density at radius 2 is 2.18 bits per heavy atom. The maximum absolute atomic E-state index is 11.2. The van der Waals surface area contributed by atoms with Gasteiger partial charge in [0.25, 0.3) is 0 Å². The SMILES string of the molecule is C=CC(=O)OC(CC)N(C)c1ccccc1C. The Labute approximate surface area is 103 Å². The number of hydrogen-bond acceptors (Lipinski definition) is 3. The molecule has 0 fully saturated rings. The molecule has 0 spiro atoms. The highest BCUT2D eigenvalue weighted by Crippen LogP contribution is 2.21. The van der Waals surface area contributed by atoms with Gasteiger partial charge in [-0.15, -0.1) is 0 Å². The highest BCUT2D eigenvalue weighted by Gasteiger charge is 2.17. The number of aryl methyl sites for hydroxylation is 1. The molecule has 0 bridgehead atoms. The number of rotatable bonds is 5. The lowest BCUT2D eigenvalue weighted by Gasteiger charge is -2.29. The van der Waals surface area contributed by atoms with E-state index in [4.69, 9.17) is 4.74 Å². The molecular formula is C14H19NO2. The largest absolute Gasteiger partial charge is 0.438 e. The first-order chi connectivity index (χ1) is 8.10. The summed E-state index contributed by atoms with van der Waals surface area (Å²) in [6.07, 6.45) is 1.65. The minimum absolute atomic E-state index is 0.262. The van der Waals surface area contributed by atoms with Gasteiger partial charge in [-0.1, -0.05) is 31.7 Å². The highest BCUT2D eigenvalue weighted by atomic mass is 16.6. The van der Waals surface area contributed by atoms with Crippen LogP contribution >= 0.6 is 0 Å². The van der Waals surface area contributed by atoms with E-state index < -0.39 is 5.97 Å². The molecule has 1 aromatic carbocycles. The third-order valence-electron chi connectivity index (χ3n) is 2.70. The summed E-state index contributed by atoms with van der Waals surface area (Å²) in [5.41, 5.74) is 2.22. The molecule has 1 unspecified atom stereocenters. The molecule has 3 heteroatoms. The van der Waals surface area contributed by atoms with Crippen molar-refractivity contribution in [2.24, 2.45) is 0 Å². The molecule has 1 rings (SSSR count). The zero-order valence-electron chi connectivity index (χ0n) is 10.6. The lowest BCUT2D eigenvalue weighted by atomic mass is 10.2. The second-order valence-electron chi connectivity index (χ2n) is 3.90. The third-order valence-corrected chi connectivity index (χ3v) is 2.70. The summed E-state index contributed by atoms with van der Waals surface area (Å²) in [6.45, 7) is 7.42. The quantitative estimate of drug-likeness (QED) is 0.445. The van der Waals surface area contributed by atoms with Crippen molar-refractivity contribution in [1.29, 1.82) is 0 Å². The van der Waals surface area contributed by atoms with Crippen molar-refractivity contribution in [3.63, 3.8) is 0 Å². The summed E-state index contributed by atoms with van der Waals surface area (Å²) >= 11 is 0. The Balaban J connectivity index is 2.86. The molecule has 0 aromatic heterocycles. The van der Waals surface area contributed by atoms with Crippen LogP contribution in [-0.2, 0) is 9.53 Å². The Kier molecular flexibility index (Phi) is 4.76. The Hall–Kier alpha value is -1.77. The van der Waals surface area contributed by atoms with Crippen molar-refractivity contribution in [2.45, 2.75) is 26.5 Å². The van der Waals surface area contributed by atoms with E-state index in [0.29, 0.717) is 0 Å². The van der Waals surface area contributed by atoms with Gasteiger partial charge in [-0.3, -0.25) is 0 Å². The number of hydrogen-bond donors (Lipinski definition) is 0. The topological polar surface area (TPSA) is 29.5 Å². The normalized spacial score (nSPS) is 11.7. The number of ether oxygens (including phenoxy) is 1. The molecule has 0 aliphatic heterocycles. The number of esters is 1. The average molecular weight is 233 g/mol. The van der Waals surface area contributed by atoms with E-state index in [1.54, 1.807) is 0 Å². The van der Waals surface area contributed by atoms with Crippen LogP contribution in [0.1, 0.15) is 18.9 Å². The number of para-hydroxylation sites is 1. The summed E-state index contributed by atoms with van der Waals surface area (Å²) in [5, 5.41) is 0. The Morgan fingerprint density at radius 1 is 1.53 bits per heavy atom. The van der Waals surface area contributed by atoms with Crippen molar-refractivity contribution in [1.82, 2.24) is 0 Å². The van der Waals surface area contributed by atoms with Gasteiger partial charge in [-0.2, -0.15) is 0 Å². The summed E-state index contributed by atoms with van der Waals surface area (Å²) in [5.74, 6) is -0.391. The van der Waals surface area contributed by atoms with Gasteiger partial charge in [-0.25, -0.2) is 4.79 Å². The molecule has 92 valence electrons. The number of nitrogens with zero attached hydrogens (tertiary/aromatic N) is 1. The number of carbonyl (C=O) groups excluding carboxylic acids is 1. The van der Waals surface area contributed by atoms with Gasteiger partial charge in [-0.05, 0) is 18.6 Å². The minimum atomic E-state index is -0.391. The Morgan fingerprint density at radius 3 is 2.71 bits per heavy atom. The van der Waals surface area contributed by atoms with Crippen LogP contribution in [0.3, 0.4) is 0 Å². The first-order valence-electron chi connectivity index (χ1n) is 5.71. The maximum atomic E-state index is 11.2. The van der Waals surface area contributed by atoms with Crippen LogP contribution in [-0.4, -0.2) is 19.2 Å². The Bertz CT molecular complexity index is 401. The number of benzene rings is 1. The molecule has 0 heterocycles. The number of carbonyl (C=O) groups is 1. The summed E-state index contributed by atoms with van der Waals surface area (Å²) in [4.78, 5) is 13.2. The molecule has 1 atom stereocenters. The second-order valence-corrected chi connectivity index (χ2v) is 3.90. The third kappa shape index (κ3) is 3.34. The van der Waals surface area contributed by atoms with Crippen molar-refractivity contribution in [3.8, 4) is 0 Å². The fourth-order valence-corrected chi connectivity index (χ4v) is 1.73. The molecule has 3 nitrogen and oxygen atoms in total. The van der Waals surface area contributed by atoms with Crippen molar-refractivity contribution in [2.75, 3.05) is 11.9 Å². The minimum Gasteiger partial charge on any atom is -0.438 e. The predicted molar refractivity (Wildman–Crippen MR) is 70.0 cm³/mol. The van der Waals surface area contributed by atoms with Gasteiger partial charge in [0.1, 0.15) is 0 Å². The van der Waals surface area contributed by atoms with Gasteiger partial charge >= 0.3 is 5.97 Å². The van der Waals surface area contributed by atoms with Crippen LogP contribution in [0.2, 0.25) is 0 Å². The number of anilines is 1. The zero-order valence-corrected chi connectivity index (χ0v) is 10.6. The van der Waals surface area contributed by atoms with E-state index in [1.807, 2.05) is 50.1 Å². The van der Waals surface area contributed by atoms with Gasteiger partial charge in [0.05, 0.1) is 0 Å². The lowest BCUT2D eigenvalue weighted by Crippen LogP contribution is -2.35. The van der Waals surface area contributed by atoms with Crippen molar-refractivity contribution in [3.05, 3.63) is 42.5 Å². The summed E-state index contributed by atoms with van der Waals surface area (Å²) < 4.78 is 5.29. The van der Waals surface area contributed by atoms with Crippen LogP contribution in [0.15, 0.2) is 36.9 Å². The van der Waals surface area contributed by atoms with E-state index in [-0.39, 0.29) is 6.23 Å². The van der Waals surface area contributed by atoms with Crippen molar-refractivity contribution < 1.29 is 9.53 Å². The molecule has 0 amide bonds. The first kappa shape index (κ1) is 13.3. The van der Waals surface area contributed by atoms with E-state index in [9.17, 15) is 4.79 Å². The van der Waals surface area contributed by atoms with E-state index in [0.717, 1.165) is 17.7 Å². The zero-order chi connectivity index (χ0) is 12.8. The van der Waals surface area contributed by atoms with E-state index in [2.05, 4.69) is 6.58 Å². The van der Waals surface area contributed by atoms with Gasteiger partial charge in [0.15, 0.2) is 6.23 Å². The molecule has 1 aromatic rings. The van der Waals surface area contributed by atoms with Crippen molar-refractivity contribution >= 4 is 11.7 Å². The lowest BCUT2D eigenvalue weighted by molar-refractivity contribution is -0.142. The summed E-state index contributed by atoms with van der Waals surface area (Å²) in [7, 11) is 1.92. The van der Waals surface area contributed by atoms with Crippen LogP contribution in [0, 0.1) is 6.92 Å². The average Bonchev–Trinajstić information content (AvgIpc) is 2.35. The fraction of sp³-hybridized carbons (Fsp3) is 0.357. The highest BCUT2D eigenvalue weighted by molar-refractivity contribution is 5.81. The second kappa shape index (κ2) is 6.09. The molecule has 0 N–H and O–H groups in total. The molecule has 0 saturated carbocycles. The molecule has 0 aliphatic rings. The monoisotopic (exact) mass is 233 g/mol. The van der Waals surface area contributed by atoms with E-state index in [1.165, 1.54) is 6.08 Å². The molecular weight excluding hydrogens is 214 g/mol. The van der Waals surface area contributed by atoms with Crippen LogP contribution < -0.4 is 4.90 Å². The van der Waals surface area contributed by atoms with Gasteiger partial charge in [0.2, 0.25) is 0 Å². The fourth-order valence-electron chi connectivity index (χ4n) is 1.73. The molecule has 0 radical (unpaired) electrons. The molecule has 17 heavy (non-hydrogen) atoms. The first-order valence-corrected chi connectivity index (χ1v) is 5.71. The smallest absolute Gasteiger partial charge is 0.332 e. The maximum Gasteiger partial charge on any atom is 0.332 e. The van der Waals surface area contributed by atoms with Crippen LogP contribution in [0.5, 0.6) is 0 Å². The van der Waals surface area contributed by atoms with Gasteiger partial charge in [0, 0.05) is 25.2 Å². The van der Waals surface area contributed by atoms with Crippen LogP contribution in [0.25, 0.3) is 0 Å². The standard InChI is InChI=1S/C14H19NO2/c1-5-13(17-14(16)6-2)15(4)12-10-8-7-9-11(12)3/h6-10,13H,2,5H2,1,3-4H3. The summed E-state index contributed by atoms with van der Waals surface area (Å²) in [6, 6.07) is 8.01. The molecule has 0 saturated heterocycles.